The van der Waals surface area contributed by atoms with Crippen molar-refractivity contribution in [2.24, 2.45) is 5.92 Å². The number of alkyl carbamates (subject to hydrolysis) is 1. The van der Waals surface area contributed by atoms with E-state index in [0.717, 1.165) is 12.0 Å². The summed E-state index contributed by atoms with van der Waals surface area (Å²) in [6.07, 6.45) is 0.335. The van der Waals surface area contributed by atoms with Crippen LogP contribution < -0.4 is 5.32 Å². The van der Waals surface area contributed by atoms with Crippen LogP contribution in [0.5, 0.6) is 0 Å². The predicted molar refractivity (Wildman–Crippen MR) is 107 cm³/mol. The van der Waals surface area contributed by atoms with E-state index in [1.165, 1.54) is 11.8 Å². The Morgan fingerprint density at radius 2 is 2.04 bits per heavy atom. The molecule has 27 heavy (non-hydrogen) atoms. The van der Waals surface area contributed by atoms with Gasteiger partial charge in [-0.1, -0.05) is 61.8 Å². The highest BCUT2D eigenvalue weighted by molar-refractivity contribution is 7.98. The van der Waals surface area contributed by atoms with E-state index in [9.17, 15) is 4.79 Å². The van der Waals surface area contributed by atoms with Crippen LogP contribution in [0.2, 0.25) is 5.02 Å². The van der Waals surface area contributed by atoms with Crippen molar-refractivity contribution < 1.29 is 13.9 Å². The summed E-state index contributed by atoms with van der Waals surface area (Å²) in [5, 5.41) is 12.2. The van der Waals surface area contributed by atoms with Crippen LogP contribution in [0.3, 0.4) is 0 Å². The molecule has 0 fully saturated rings. The molecule has 1 amide bonds. The summed E-state index contributed by atoms with van der Waals surface area (Å²) in [6.45, 7) is 9.52. The van der Waals surface area contributed by atoms with Gasteiger partial charge in [-0.15, -0.1) is 10.2 Å². The lowest BCUT2D eigenvalue weighted by Gasteiger charge is -2.24. The summed E-state index contributed by atoms with van der Waals surface area (Å²) >= 11 is 7.58. The quantitative estimate of drug-likeness (QED) is 0.595. The number of ether oxygens (including phenoxy) is 1. The first-order valence-electron chi connectivity index (χ1n) is 8.88. The molecule has 6 nitrogen and oxygen atoms in total. The number of thioether (sulfide) groups is 1. The lowest BCUT2D eigenvalue weighted by Crippen LogP contribution is -2.37. The van der Waals surface area contributed by atoms with Gasteiger partial charge in [0.05, 0.1) is 0 Å². The Kier molecular flexibility index (Phi) is 7.56. The van der Waals surface area contributed by atoms with E-state index < -0.39 is 17.7 Å². The molecule has 1 aromatic carbocycles. The zero-order valence-corrected chi connectivity index (χ0v) is 17.9. The Morgan fingerprint density at radius 1 is 1.33 bits per heavy atom. The van der Waals surface area contributed by atoms with Gasteiger partial charge in [-0.05, 0) is 38.3 Å². The van der Waals surface area contributed by atoms with Gasteiger partial charge in [-0.25, -0.2) is 4.79 Å². The minimum atomic E-state index is -0.575. The molecule has 2 aromatic rings. The number of amides is 1. The molecule has 8 heteroatoms. The summed E-state index contributed by atoms with van der Waals surface area (Å²) in [5.41, 5.74) is 0.420. The molecule has 2 atom stereocenters. The summed E-state index contributed by atoms with van der Waals surface area (Å²) in [7, 11) is 0. The number of halogens is 1. The Hall–Kier alpha value is -1.73. The van der Waals surface area contributed by atoms with Crippen LogP contribution >= 0.6 is 23.4 Å². The highest BCUT2D eigenvalue weighted by Crippen LogP contribution is 2.29. The molecule has 0 radical (unpaired) electrons. The van der Waals surface area contributed by atoms with Crippen molar-refractivity contribution in [2.45, 2.75) is 63.7 Å². The highest BCUT2D eigenvalue weighted by Gasteiger charge is 2.28. The maximum Gasteiger partial charge on any atom is 0.408 e. The van der Waals surface area contributed by atoms with E-state index in [1.54, 1.807) is 0 Å². The Balaban J connectivity index is 2.06. The van der Waals surface area contributed by atoms with Crippen molar-refractivity contribution >= 4 is 29.5 Å². The second-order valence-corrected chi connectivity index (χ2v) is 8.63. The topological polar surface area (TPSA) is 77.2 Å². The van der Waals surface area contributed by atoms with Crippen molar-refractivity contribution in [3.8, 4) is 0 Å². The largest absolute Gasteiger partial charge is 0.444 e. The molecule has 0 aliphatic heterocycles. The predicted octanol–water partition coefficient (Wildman–Crippen LogP) is 5.63. The van der Waals surface area contributed by atoms with E-state index in [0.29, 0.717) is 21.9 Å². The molecule has 0 aliphatic rings. The normalized spacial score (nSPS) is 13.9. The van der Waals surface area contributed by atoms with E-state index in [-0.39, 0.29) is 5.92 Å². The van der Waals surface area contributed by atoms with Crippen molar-refractivity contribution in [2.75, 3.05) is 0 Å². The fourth-order valence-corrected chi connectivity index (χ4v) is 3.33. The van der Waals surface area contributed by atoms with Gasteiger partial charge in [-0.3, -0.25) is 0 Å². The molecule has 0 aliphatic carbocycles. The van der Waals surface area contributed by atoms with Crippen LogP contribution in [0.25, 0.3) is 0 Å². The summed E-state index contributed by atoms with van der Waals surface area (Å²) in [5.74, 6) is 1.10. The average Bonchev–Trinajstić information content (AvgIpc) is 3.05. The molecule has 2 rings (SSSR count). The van der Waals surface area contributed by atoms with Gasteiger partial charge in [-0.2, -0.15) is 0 Å². The summed E-state index contributed by atoms with van der Waals surface area (Å²) < 4.78 is 11.1. The average molecular weight is 412 g/mol. The van der Waals surface area contributed by atoms with Crippen molar-refractivity contribution in [3.05, 3.63) is 40.7 Å². The van der Waals surface area contributed by atoms with Crippen LogP contribution in [-0.2, 0) is 10.5 Å². The fraction of sp³-hybridized carbons (Fsp3) is 0.526. The van der Waals surface area contributed by atoms with Crippen LogP contribution in [0, 0.1) is 5.92 Å². The van der Waals surface area contributed by atoms with E-state index in [4.69, 9.17) is 20.8 Å². The fourth-order valence-electron chi connectivity index (χ4n) is 2.28. The highest BCUT2D eigenvalue weighted by atomic mass is 35.5. The van der Waals surface area contributed by atoms with Gasteiger partial charge in [0.15, 0.2) is 0 Å². The zero-order chi connectivity index (χ0) is 20.0. The van der Waals surface area contributed by atoms with Crippen LogP contribution in [0.4, 0.5) is 4.79 Å². The van der Waals surface area contributed by atoms with Gasteiger partial charge in [0.25, 0.3) is 5.22 Å². The second kappa shape index (κ2) is 9.46. The van der Waals surface area contributed by atoms with Gasteiger partial charge >= 0.3 is 6.09 Å². The van der Waals surface area contributed by atoms with Crippen molar-refractivity contribution in [3.63, 3.8) is 0 Å². The number of rotatable bonds is 7. The molecule has 0 unspecified atom stereocenters. The molecule has 0 saturated carbocycles. The second-order valence-electron chi connectivity index (χ2n) is 7.30. The number of hydrogen-bond donors (Lipinski definition) is 1. The van der Waals surface area contributed by atoms with Gasteiger partial charge in [0, 0.05) is 10.8 Å². The third-order valence-electron chi connectivity index (χ3n) is 3.88. The lowest BCUT2D eigenvalue weighted by molar-refractivity contribution is 0.0474. The number of nitrogens with zero attached hydrogens (tertiary/aromatic N) is 2. The first-order valence-corrected chi connectivity index (χ1v) is 10.2. The molecule has 0 bridgehead atoms. The molecule has 0 saturated heterocycles. The number of carbonyl (C=O) groups is 1. The zero-order valence-electron chi connectivity index (χ0n) is 16.3. The van der Waals surface area contributed by atoms with Crippen molar-refractivity contribution in [1.29, 1.82) is 0 Å². The van der Waals surface area contributed by atoms with Gasteiger partial charge in [0.1, 0.15) is 11.6 Å². The smallest absolute Gasteiger partial charge is 0.408 e. The molecule has 1 N–H and O–H groups in total. The summed E-state index contributed by atoms with van der Waals surface area (Å²) in [4.78, 5) is 12.2. The standard InChI is InChI=1S/C19H26ClN3O3S/c1-6-12(2)15(21-17(24)26-19(3,4)5)16-22-23-18(25-16)27-11-13-9-7-8-10-14(13)20/h7-10,12,15H,6,11H2,1-5H3,(H,21,24)/t12-,15-/m1/s1. The Labute approximate surface area is 169 Å². The third kappa shape index (κ3) is 6.74. The van der Waals surface area contributed by atoms with Gasteiger partial charge in [0.2, 0.25) is 5.89 Å². The minimum Gasteiger partial charge on any atom is -0.444 e. The number of aromatic nitrogens is 2. The SMILES string of the molecule is CC[C@@H](C)[C@@H](NC(=O)OC(C)(C)C)c1nnc(SCc2ccccc2Cl)o1. The first kappa shape index (κ1) is 21.6. The minimum absolute atomic E-state index is 0.111. The molecule has 148 valence electrons. The van der Waals surface area contributed by atoms with Crippen LogP contribution in [0.1, 0.15) is 58.5 Å². The van der Waals surface area contributed by atoms with Crippen molar-refractivity contribution in [1.82, 2.24) is 15.5 Å². The Bertz CT molecular complexity index is 761. The van der Waals surface area contributed by atoms with Crippen LogP contribution in [-0.4, -0.2) is 21.9 Å². The van der Waals surface area contributed by atoms with E-state index in [1.807, 2.05) is 58.9 Å². The first-order chi connectivity index (χ1) is 12.7. The number of benzene rings is 1. The van der Waals surface area contributed by atoms with E-state index in [2.05, 4.69) is 15.5 Å². The number of carbonyl (C=O) groups excluding carboxylic acids is 1. The van der Waals surface area contributed by atoms with Crippen LogP contribution in [0.15, 0.2) is 33.9 Å². The molecule has 1 heterocycles. The molecular weight excluding hydrogens is 386 g/mol. The van der Waals surface area contributed by atoms with Gasteiger partial charge < -0.3 is 14.5 Å². The molecule has 1 aromatic heterocycles. The molecular formula is C19H26ClN3O3S. The number of hydrogen-bond acceptors (Lipinski definition) is 6. The maximum atomic E-state index is 12.2. The summed E-state index contributed by atoms with van der Waals surface area (Å²) in [6, 6.07) is 7.22. The monoisotopic (exact) mass is 411 g/mol. The number of nitrogens with one attached hydrogen (secondary N) is 1. The lowest BCUT2D eigenvalue weighted by atomic mass is 9.99. The maximum absolute atomic E-state index is 12.2. The molecule has 0 spiro atoms. The van der Waals surface area contributed by atoms with E-state index >= 15 is 0 Å². The third-order valence-corrected chi connectivity index (χ3v) is 5.12. The Morgan fingerprint density at radius 3 is 2.67 bits per heavy atom.